The third kappa shape index (κ3) is 3.10. The number of halogens is 1. The number of carbonyl (C=O) groups is 1. The van der Waals surface area contributed by atoms with Gasteiger partial charge in [-0.2, -0.15) is 0 Å². The Morgan fingerprint density at radius 3 is 3.15 bits per heavy atom. The lowest BCUT2D eigenvalue weighted by molar-refractivity contribution is 0.00886. The summed E-state index contributed by atoms with van der Waals surface area (Å²) in [6.07, 6.45) is 2.12. The highest BCUT2D eigenvalue weighted by Crippen LogP contribution is 2.46. The van der Waals surface area contributed by atoms with E-state index in [0.29, 0.717) is 41.1 Å². The summed E-state index contributed by atoms with van der Waals surface area (Å²) in [5.41, 5.74) is 6.18. The van der Waals surface area contributed by atoms with Crippen LogP contribution in [0.1, 0.15) is 21.8 Å². The molecule has 0 radical (unpaired) electrons. The average molecular weight is 392 g/mol. The molecule has 136 valence electrons. The Labute approximate surface area is 158 Å². The Kier molecular flexibility index (Phi) is 4.68. The standard InChI is InChI=1S/C17H17FN4O2S2/c18-13-2-1-11(21-14(23)15-20-4-6-25-15)7-12(13)17-3-5-24-8-10(17)9-26-16(19)22-17/h1-2,4,6-7,10H,3,5,8-9H2,(H2,19,22)(H,21,23)/t10?,17-/m1/s1. The SMILES string of the molecule is NC1=N[C@]2(c3cc(NC(=O)c4nccs4)ccc3F)CCOCC2CS1. The number of nitrogens with one attached hydrogen (secondary N) is 1. The van der Waals surface area contributed by atoms with Crippen molar-refractivity contribution in [2.75, 3.05) is 24.3 Å². The Bertz CT molecular complexity index is 858. The topological polar surface area (TPSA) is 89.6 Å². The van der Waals surface area contributed by atoms with Gasteiger partial charge < -0.3 is 15.8 Å². The maximum atomic E-state index is 14.8. The number of hydrogen-bond donors (Lipinski definition) is 2. The van der Waals surface area contributed by atoms with Gasteiger partial charge in [-0.15, -0.1) is 11.3 Å². The summed E-state index contributed by atoms with van der Waals surface area (Å²) < 4.78 is 20.4. The van der Waals surface area contributed by atoms with Crippen LogP contribution >= 0.6 is 23.1 Å². The van der Waals surface area contributed by atoms with Gasteiger partial charge in [-0.3, -0.25) is 9.79 Å². The number of rotatable bonds is 3. The van der Waals surface area contributed by atoms with Crippen molar-refractivity contribution in [1.82, 2.24) is 4.98 Å². The van der Waals surface area contributed by atoms with Crippen LogP contribution in [-0.4, -0.2) is 35.0 Å². The number of amides is 1. The van der Waals surface area contributed by atoms with Crippen molar-refractivity contribution in [2.45, 2.75) is 12.0 Å². The molecule has 2 atom stereocenters. The molecule has 2 aromatic rings. The van der Waals surface area contributed by atoms with Gasteiger partial charge in [0.05, 0.1) is 12.1 Å². The molecule has 1 amide bonds. The molecule has 1 aromatic carbocycles. The number of benzene rings is 1. The molecule has 2 aliphatic rings. The number of ether oxygens (including phenoxy) is 1. The second kappa shape index (κ2) is 6.98. The van der Waals surface area contributed by atoms with Crippen LogP contribution in [0.4, 0.5) is 10.1 Å². The molecule has 6 nitrogen and oxygen atoms in total. The van der Waals surface area contributed by atoms with Gasteiger partial charge in [0.2, 0.25) is 0 Å². The highest BCUT2D eigenvalue weighted by atomic mass is 32.2. The summed E-state index contributed by atoms with van der Waals surface area (Å²) in [4.78, 5) is 20.9. The quantitative estimate of drug-likeness (QED) is 0.838. The Morgan fingerprint density at radius 2 is 2.35 bits per heavy atom. The fourth-order valence-corrected chi connectivity index (χ4v) is 4.91. The smallest absolute Gasteiger partial charge is 0.284 e. The lowest BCUT2D eigenvalue weighted by atomic mass is 9.75. The molecular weight excluding hydrogens is 375 g/mol. The van der Waals surface area contributed by atoms with Gasteiger partial charge in [-0.05, 0) is 18.2 Å². The number of fused-ring (bicyclic) bond motifs is 1. The zero-order valence-corrected chi connectivity index (χ0v) is 15.4. The number of thioether (sulfide) groups is 1. The Balaban J connectivity index is 1.71. The van der Waals surface area contributed by atoms with Gasteiger partial charge in [0.25, 0.3) is 5.91 Å². The van der Waals surface area contributed by atoms with Gasteiger partial charge >= 0.3 is 0 Å². The number of amidine groups is 1. The van der Waals surface area contributed by atoms with Gasteiger partial charge in [-0.25, -0.2) is 9.37 Å². The molecule has 0 spiro atoms. The zero-order valence-electron chi connectivity index (χ0n) is 13.8. The van der Waals surface area contributed by atoms with E-state index >= 15 is 0 Å². The molecular formula is C17H17FN4O2S2. The molecule has 1 aromatic heterocycles. The summed E-state index contributed by atoms with van der Waals surface area (Å²) >= 11 is 2.71. The molecule has 3 heterocycles. The van der Waals surface area contributed by atoms with Crippen LogP contribution in [0.2, 0.25) is 0 Å². The van der Waals surface area contributed by atoms with E-state index in [2.05, 4.69) is 15.3 Å². The first-order chi connectivity index (χ1) is 12.6. The summed E-state index contributed by atoms with van der Waals surface area (Å²) in [6.45, 7) is 1.01. The second-order valence-corrected chi connectivity index (χ2v) is 8.13. The molecule has 0 aliphatic carbocycles. The van der Waals surface area contributed by atoms with Crippen LogP contribution in [-0.2, 0) is 10.3 Å². The summed E-state index contributed by atoms with van der Waals surface area (Å²) in [5.74, 6) is 0.0890. The molecule has 26 heavy (non-hydrogen) atoms. The number of hydrogen-bond acceptors (Lipinski definition) is 7. The lowest BCUT2D eigenvalue weighted by Gasteiger charge is -2.44. The number of carbonyl (C=O) groups excluding carboxylic acids is 1. The molecule has 4 rings (SSSR count). The monoisotopic (exact) mass is 392 g/mol. The van der Waals surface area contributed by atoms with Crippen molar-refractivity contribution in [3.8, 4) is 0 Å². The van der Waals surface area contributed by atoms with E-state index in [9.17, 15) is 9.18 Å². The maximum Gasteiger partial charge on any atom is 0.284 e. The number of aliphatic imine (C=N–C) groups is 1. The van der Waals surface area contributed by atoms with Crippen molar-refractivity contribution in [3.63, 3.8) is 0 Å². The highest BCUT2D eigenvalue weighted by molar-refractivity contribution is 8.13. The second-order valence-electron chi connectivity index (χ2n) is 6.19. The molecule has 9 heteroatoms. The van der Waals surface area contributed by atoms with Gasteiger partial charge in [0, 0.05) is 47.5 Å². The predicted molar refractivity (Wildman–Crippen MR) is 101 cm³/mol. The van der Waals surface area contributed by atoms with Crippen LogP contribution in [0.15, 0.2) is 34.8 Å². The van der Waals surface area contributed by atoms with Gasteiger partial charge in [0.15, 0.2) is 10.2 Å². The number of anilines is 1. The van der Waals surface area contributed by atoms with Crippen LogP contribution in [0.3, 0.4) is 0 Å². The average Bonchev–Trinajstić information content (AvgIpc) is 3.18. The Morgan fingerprint density at radius 1 is 1.46 bits per heavy atom. The van der Waals surface area contributed by atoms with E-state index in [0.717, 1.165) is 5.75 Å². The van der Waals surface area contributed by atoms with Crippen molar-refractivity contribution >= 4 is 39.9 Å². The third-order valence-corrected chi connectivity index (χ3v) is 6.41. The van der Waals surface area contributed by atoms with Crippen LogP contribution in [0, 0.1) is 11.7 Å². The van der Waals surface area contributed by atoms with Gasteiger partial charge in [0.1, 0.15) is 5.82 Å². The molecule has 2 aliphatic heterocycles. The van der Waals surface area contributed by atoms with Crippen LogP contribution in [0.25, 0.3) is 0 Å². The number of aromatic nitrogens is 1. The minimum Gasteiger partial charge on any atom is -0.381 e. The number of thiazole rings is 1. The minimum absolute atomic E-state index is 0.0352. The number of nitrogens with two attached hydrogens (primary N) is 1. The maximum absolute atomic E-state index is 14.8. The first-order valence-corrected chi connectivity index (χ1v) is 10.0. The zero-order chi connectivity index (χ0) is 18.1. The number of nitrogens with zero attached hydrogens (tertiary/aromatic N) is 2. The van der Waals surface area contributed by atoms with E-state index in [-0.39, 0.29) is 17.6 Å². The summed E-state index contributed by atoms with van der Waals surface area (Å²) in [5, 5.41) is 5.32. The third-order valence-electron chi connectivity index (χ3n) is 4.68. The fraction of sp³-hybridized carbons (Fsp3) is 0.353. The fourth-order valence-electron chi connectivity index (χ4n) is 3.41. The minimum atomic E-state index is -0.750. The van der Waals surface area contributed by atoms with Crippen molar-refractivity contribution in [2.24, 2.45) is 16.6 Å². The van der Waals surface area contributed by atoms with Gasteiger partial charge in [-0.1, -0.05) is 11.8 Å². The van der Waals surface area contributed by atoms with Crippen LogP contribution in [0.5, 0.6) is 0 Å². The Hall–Kier alpha value is -1.97. The summed E-state index contributed by atoms with van der Waals surface area (Å²) in [7, 11) is 0. The molecule has 0 saturated carbocycles. The highest BCUT2D eigenvalue weighted by Gasteiger charge is 2.47. The normalized spacial score (nSPS) is 25.3. The largest absolute Gasteiger partial charge is 0.381 e. The molecule has 1 fully saturated rings. The molecule has 1 unspecified atom stereocenters. The van der Waals surface area contributed by atoms with E-state index < -0.39 is 5.54 Å². The van der Waals surface area contributed by atoms with Crippen LogP contribution < -0.4 is 11.1 Å². The van der Waals surface area contributed by atoms with Crippen molar-refractivity contribution in [3.05, 3.63) is 46.2 Å². The van der Waals surface area contributed by atoms with E-state index in [1.165, 1.54) is 29.2 Å². The van der Waals surface area contributed by atoms with E-state index in [4.69, 9.17) is 10.5 Å². The van der Waals surface area contributed by atoms with E-state index in [1.807, 2.05) is 0 Å². The molecule has 1 saturated heterocycles. The first kappa shape index (κ1) is 17.4. The molecule has 3 N–H and O–H groups in total. The first-order valence-electron chi connectivity index (χ1n) is 8.15. The summed E-state index contributed by atoms with van der Waals surface area (Å²) in [6, 6.07) is 4.56. The van der Waals surface area contributed by atoms with Crippen molar-refractivity contribution < 1.29 is 13.9 Å². The lowest BCUT2D eigenvalue weighted by Crippen LogP contribution is -2.47. The predicted octanol–water partition coefficient (Wildman–Crippen LogP) is 2.83. The molecule has 0 bridgehead atoms. The van der Waals surface area contributed by atoms with Crippen molar-refractivity contribution in [1.29, 1.82) is 0 Å². The van der Waals surface area contributed by atoms with E-state index in [1.54, 1.807) is 23.7 Å².